The van der Waals surface area contributed by atoms with Gasteiger partial charge in [0, 0.05) is 36.8 Å². The van der Waals surface area contributed by atoms with Crippen molar-refractivity contribution in [1.29, 1.82) is 0 Å². The Morgan fingerprint density at radius 3 is 2.09 bits per heavy atom. The molecule has 0 unspecified atom stereocenters. The highest BCUT2D eigenvalue weighted by Gasteiger charge is 2.32. The van der Waals surface area contributed by atoms with Gasteiger partial charge in [0.15, 0.2) is 11.5 Å². The number of carbonyl (C=O) groups excluding carboxylic acids is 1. The number of rotatable bonds is 7. The number of sulfonamides is 1. The standard InChI is InChI=1S/C25H28N2O6S/c1-31-22-15-20(16-23(32-2)24(22)33-3)26-25(28)18-10-12-27(13-11-18)34(29,30)21-9-8-17-6-4-5-7-19(17)14-21/h4-9,14-16,18H,10-13H2,1-3H3,(H,26,28). The van der Waals surface area contributed by atoms with Crippen LogP contribution in [0.4, 0.5) is 5.69 Å². The first-order chi connectivity index (χ1) is 16.4. The summed E-state index contributed by atoms with van der Waals surface area (Å²) in [4.78, 5) is 13.2. The maximum atomic E-state index is 13.2. The molecule has 0 radical (unpaired) electrons. The number of hydrogen-bond acceptors (Lipinski definition) is 6. The molecule has 0 aliphatic carbocycles. The predicted molar refractivity (Wildman–Crippen MR) is 130 cm³/mol. The van der Waals surface area contributed by atoms with Crippen LogP contribution in [-0.4, -0.2) is 53.0 Å². The molecule has 1 fully saturated rings. The average molecular weight is 485 g/mol. The molecule has 9 heteroatoms. The third kappa shape index (κ3) is 4.67. The van der Waals surface area contributed by atoms with Crippen molar-refractivity contribution in [3.05, 3.63) is 54.6 Å². The monoisotopic (exact) mass is 484 g/mol. The number of nitrogens with one attached hydrogen (secondary N) is 1. The van der Waals surface area contributed by atoms with Crippen molar-refractivity contribution in [1.82, 2.24) is 4.31 Å². The number of fused-ring (bicyclic) bond motifs is 1. The van der Waals surface area contributed by atoms with Crippen LogP contribution in [0.5, 0.6) is 17.2 Å². The van der Waals surface area contributed by atoms with Gasteiger partial charge >= 0.3 is 0 Å². The van der Waals surface area contributed by atoms with E-state index >= 15 is 0 Å². The van der Waals surface area contributed by atoms with Crippen LogP contribution < -0.4 is 19.5 Å². The topological polar surface area (TPSA) is 94.2 Å². The van der Waals surface area contributed by atoms with Crippen molar-refractivity contribution >= 4 is 32.4 Å². The van der Waals surface area contributed by atoms with Crippen LogP contribution in [0, 0.1) is 5.92 Å². The molecular weight excluding hydrogens is 456 g/mol. The van der Waals surface area contributed by atoms with Gasteiger partial charge in [0.05, 0.1) is 26.2 Å². The van der Waals surface area contributed by atoms with Crippen molar-refractivity contribution in [2.45, 2.75) is 17.7 Å². The molecule has 1 aliphatic rings. The summed E-state index contributed by atoms with van der Waals surface area (Å²) >= 11 is 0. The molecule has 1 N–H and O–H groups in total. The van der Waals surface area contributed by atoms with E-state index in [1.807, 2.05) is 30.3 Å². The zero-order valence-electron chi connectivity index (χ0n) is 19.4. The summed E-state index contributed by atoms with van der Waals surface area (Å²) in [7, 11) is 0.897. The van der Waals surface area contributed by atoms with Gasteiger partial charge in [0.25, 0.3) is 0 Å². The summed E-state index contributed by atoms with van der Waals surface area (Å²) in [5.41, 5.74) is 0.519. The molecule has 180 valence electrons. The molecule has 3 aromatic rings. The summed E-state index contributed by atoms with van der Waals surface area (Å²) in [6.07, 6.45) is 0.867. The van der Waals surface area contributed by atoms with E-state index in [1.165, 1.54) is 25.6 Å². The summed E-state index contributed by atoms with van der Waals surface area (Å²) in [5, 5.41) is 4.76. The van der Waals surface area contributed by atoms with Crippen molar-refractivity contribution in [2.75, 3.05) is 39.7 Å². The molecule has 0 atom stereocenters. The Labute approximate surface area is 199 Å². The Morgan fingerprint density at radius 2 is 1.50 bits per heavy atom. The number of benzene rings is 3. The van der Waals surface area contributed by atoms with Crippen molar-refractivity contribution in [2.24, 2.45) is 5.92 Å². The molecule has 0 spiro atoms. The summed E-state index contributed by atoms with van der Waals surface area (Å²) in [6, 6.07) is 16.1. The predicted octanol–water partition coefficient (Wildman–Crippen LogP) is 3.91. The number of carbonyl (C=O) groups is 1. The third-order valence-electron chi connectivity index (χ3n) is 6.12. The van der Waals surface area contributed by atoms with Gasteiger partial charge < -0.3 is 19.5 Å². The third-order valence-corrected chi connectivity index (χ3v) is 8.01. The quantitative estimate of drug-likeness (QED) is 0.547. The molecule has 1 heterocycles. The second-order valence-corrected chi connectivity index (χ2v) is 10.0. The second kappa shape index (κ2) is 9.90. The Balaban J connectivity index is 1.43. The first-order valence-electron chi connectivity index (χ1n) is 11.0. The van der Waals surface area contributed by atoms with Gasteiger partial charge in [-0.05, 0) is 35.7 Å². The minimum atomic E-state index is -3.63. The first kappa shape index (κ1) is 23.8. The van der Waals surface area contributed by atoms with Crippen molar-refractivity contribution in [3.8, 4) is 17.2 Å². The lowest BCUT2D eigenvalue weighted by Gasteiger charge is -2.30. The number of methoxy groups -OCH3 is 3. The number of ether oxygens (including phenoxy) is 3. The fraction of sp³-hybridized carbons (Fsp3) is 0.320. The lowest BCUT2D eigenvalue weighted by atomic mass is 9.97. The highest BCUT2D eigenvalue weighted by atomic mass is 32.2. The number of amides is 1. The van der Waals surface area contributed by atoms with E-state index in [4.69, 9.17) is 14.2 Å². The van der Waals surface area contributed by atoms with Gasteiger partial charge in [-0.3, -0.25) is 4.79 Å². The minimum Gasteiger partial charge on any atom is -0.493 e. The Morgan fingerprint density at radius 1 is 0.882 bits per heavy atom. The lowest BCUT2D eigenvalue weighted by Crippen LogP contribution is -2.41. The molecule has 1 aliphatic heterocycles. The Hall–Kier alpha value is -3.30. The van der Waals surface area contributed by atoms with E-state index < -0.39 is 10.0 Å². The molecule has 0 bridgehead atoms. The molecule has 3 aromatic carbocycles. The zero-order valence-corrected chi connectivity index (χ0v) is 20.2. The zero-order chi connectivity index (χ0) is 24.3. The number of piperidine rings is 1. The van der Waals surface area contributed by atoms with Gasteiger partial charge in [-0.2, -0.15) is 4.31 Å². The Bertz CT molecular complexity index is 1270. The number of nitrogens with zero attached hydrogens (tertiary/aromatic N) is 1. The van der Waals surface area contributed by atoms with Crippen LogP contribution in [0.25, 0.3) is 10.8 Å². The summed E-state index contributed by atoms with van der Waals surface area (Å²) in [5.74, 6) is 0.844. The highest BCUT2D eigenvalue weighted by molar-refractivity contribution is 7.89. The fourth-order valence-corrected chi connectivity index (χ4v) is 5.74. The summed E-state index contributed by atoms with van der Waals surface area (Å²) < 4.78 is 43.8. The van der Waals surface area contributed by atoms with E-state index in [0.29, 0.717) is 35.8 Å². The molecular formula is C25H28N2O6S. The van der Waals surface area contributed by atoms with Crippen LogP contribution in [0.1, 0.15) is 12.8 Å². The molecule has 34 heavy (non-hydrogen) atoms. The molecule has 0 aromatic heterocycles. The van der Waals surface area contributed by atoms with E-state index in [1.54, 1.807) is 24.3 Å². The van der Waals surface area contributed by atoms with E-state index in [9.17, 15) is 13.2 Å². The number of anilines is 1. The van der Waals surface area contributed by atoms with Gasteiger partial charge in [-0.15, -0.1) is 0 Å². The normalized spacial score (nSPS) is 15.1. The van der Waals surface area contributed by atoms with Gasteiger partial charge in [0.1, 0.15) is 0 Å². The van der Waals surface area contributed by atoms with Crippen LogP contribution in [-0.2, 0) is 14.8 Å². The van der Waals surface area contributed by atoms with Gasteiger partial charge in [-0.1, -0.05) is 30.3 Å². The largest absolute Gasteiger partial charge is 0.493 e. The van der Waals surface area contributed by atoms with E-state index in [0.717, 1.165) is 10.8 Å². The van der Waals surface area contributed by atoms with Crippen molar-refractivity contribution in [3.63, 3.8) is 0 Å². The number of hydrogen-bond donors (Lipinski definition) is 1. The average Bonchev–Trinajstić information content (AvgIpc) is 2.87. The smallest absolute Gasteiger partial charge is 0.243 e. The molecule has 1 amide bonds. The summed E-state index contributed by atoms with van der Waals surface area (Å²) in [6.45, 7) is 0.561. The SMILES string of the molecule is COc1cc(NC(=O)C2CCN(S(=O)(=O)c3ccc4ccccc4c3)CC2)cc(OC)c1OC. The lowest BCUT2D eigenvalue weighted by molar-refractivity contribution is -0.120. The van der Waals surface area contributed by atoms with Crippen LogP contribution >= 0.6 is 0 Å². The second-order valence-electron chi connectivity index (χ2n) is 8.09. The van der Waals surface area contributed by atoms with Crippen LogP contribution in [0.3, 0.4) is 0 Å². The van der Waals surface area contributed by atoms with Gasteiger partial charge in [-0.25, -0.2) is 8.42 Å². The fourth-order valence-electron chi connectivity index (χ4n) is 4.23. The maximum Gasteiger partial charge on any atom is 0.243 e. The molecule has 4 rings (SSSR count). The molecule has 8 nitrogen and oxygen atoms in total. The molecule has 0 saturated carbocycles. The minimum absolute atomic E-state index is 0.169. The van der Waals surface area contributed by atoms with E-state index in [-0.39, 0.29) is 29.8 Å². The Kier molecular flexibility index (Phi) is 6.95. The van der Waals surface area contributed by atoms with E-state index in [2.05, 4.69) is 5.32 Å². The van der Waals surface area contributed by atoms with Gasteiger partial charge in [0.2, 0.25) is 21.7 Å². The first-order valence-corrected chi connectivity index (χ1v) is 12.4. The van der Waals surface area contributed by atoms with Crippen molar-refractivity contribution < 1.29 is 27.4 Å². The van der Waals surface area contributed by atoms with Crippen LogP contribution in [0.15, 0.2) is 59.5 Å². The molecule has 1 saturated heterocycles. The highest BCUT2D eigenvalue weighted by Crippen LogP contribution is 2.40. The maximum absolute atomic E-state index is 13.2. The van der Waals surface area contributed by atoms with Crippen LogP contribution in [0.2, 0.25) is 0 Å².